The molecule has 0 radical (unpaired) electrons. The Morgan fingerprint density at radius 1 is 1.08 bits per heavy atom. The van der Waals surface area contributed by atoms with E-state index in [1.165, 1.54) is 24.8 Å². The van der Waals surface area contributed by atoms with E-state index in [0.717, 1.165) is 50.9 Å². The van der Waals surface area contributed by atoms with Crippen molar-refractivity contribution in [2.24, 2.45) is 17.8 Å². The molecule has 4 rings (SSSR count). The van der Waals surface area contributed by atoms with Crippen molar-refractivity contribution in [1.82, 2.24) is 9.80 Å². The average molecular weight is 337 g/mol. The lowest BCUT2D eigenvalue weighted by molar-refractivity contribution is 0.0779. The normalized spacial score (nSPS) is 26.8. The molecule has 2 heterocycles. The highest BCUT2D eigenvalue weighted by Crippen LogP contribution is 2.50. The van der Waals surface area contributed by atoms with Gasteiger partial charge in [0, 0.05) is 32.1 Å². The number of amides is 2. The smallest absolute Gasteiger partial charge is 0.320 e. The van der Waals surface area contributed by atoms with Gasteiger partial charge >= 0.3 is 6.03 Å². The first-order valence-electron chi connectivity index (χ1n) is 9.73. The van der Waals surface area contributed by atoms with E-state index in [1.807, 2.05) is 9.80 Å². The van der Waals surface area contributed by atoms with Crippen LogP contribution in [-0.2, 0) is 0 Å². The van der Waals surface area contributed by atoms with Gasteiger partial charge in [-0.05, 0) is 55.4 Å². The van der Waals surface area contributed by atoms with Crippen LogP contribution >= 0.6 is 0 Å². The van der Waals surface area contributed by atoms with Crippen LogP contribution in [0.3, 0.4) is 0 Å². The fourth-order valence-electron chi connectivity index (χ4n) is 4.43. The van der Waals surface area contributed by atoms with E-state index in [0.29, 0.717) is 5.92 Å². The van der Waals surface area contributed by atoms with E-state index in [2.05, 4.69) is 36.4 Å². The molecule has 4 nitrogen and oxygen atoms in total. The Kier molecular flexibility index (Phi) is 4.65. The Morgan fingerprint density at radius 3 is 2.48 bits per heavy atom. The van der Waals surface area contributed by atoms with Crippen LogP contribution in [0, 0.1) is 29.1 Å². The minimum absolute atomic E-state index is 0.143. The highest BCUT2D eigenvalue weighted by atomic mass is 16.2. The summed E-state index contributed by atoms with van der Waals surface area (Å²) >= 11 is 0. The molecule has 2 amide bonds. The van der Waals surface area contributed by atoms with E-state index >= 15 is 0 Å². The third-order valence-corrected chi connectivity index (χ3v) is 6.27. The van der Waals surface area contributed by atoms with Gasteiger partial charge < -0.3 is 9.80 Å². The molecule has 4 heteroatoms. The van der Waals surface area contributed by atoms with E-state index in [4.69, 9.17) is 5.26 Å². The van der Waals surface area contributed by atoms with Gasteiger partial charge in [0.15, 0.2) is 0 Å². The molecule has 3 aliphatic rings. The zero-order valence-electron chi connectivity index (χ0n) is 14.8. The maximum absolute atomic E-state index is 12.5. The second kappa shape index (κ2) is 7.07. The summed E-state index contributed by atoms with van der Waals surface area (Å²) in [6.07, 6.45) is 5.57. The van der Waals surface area contributed by atoms with Crippen LogP contribution in [0.5, 0.6) is 0 Å². The molecular weight excluding hydrogens is 310 g/mol. The molecule has 25 heavy (non-hydrogen) atoms. The summed E-state index contributed by atoms with van der Waals surface area (Å²) in [7, 11) is 0. The number of carbonyl (C=O) groups excluding carboxylic acids is 1. The minimum atomic E-state index is 0.143. The lowest BCUT2D eigenvalue weighted by atomic mass is 9.92. The van der Waals surface area contributed by atoms with Gasteiger partial charge in [0.25, 0.3) is 0 Å². The highest BCUT2D eigenvalue weighted by Gasteiger charge is 2.40. The van der Waals surface area contributed by atoms with E-state index in [1.54, 1.807) is 0 Å². The first kappa shape index (κ1) is 16.4. The number of nitrogens with zero attached hydrogens (tertiary/aromatic N) is 3. The maximum atomic E-state index is 12.5. The zero-order valence-corrected chi connectivity index (χ0v) is 14.8. The lowest BCUT2D eigenvalue weighted by Gasteiger charge is -2.43. The highest BCUT2D eigenvalue weighted by molar-refractivity contribution is 5.75. The quantitative estimate of drug-likeness (QED) is 0.837. The summed E-state index contributed by atoms with van der Waals surface area (Å²) in [6.45, 7) is 3.36. The molecule has 0 N–H and O–H groups in total. The van der Waals surface area contributed by atoms with Gasteiger partial charge in [-0.1, -0.05) is 30.3 Å². The van der Waals surface area contributed by atoms with Gasteiger partial charge in [-0.3, -0.25) is 0 Å². The molecule has 0 aromatic heterocycles. The van der Waals surface area contributed by atoms with E-state index in [9.17, 15) is 4.79 Å². The number of hydrogen-bond acceptors (Lipinski definition) is 2. The molecule has 0 bridgehead atoms. The number of piperidine rings is 1. The fraction of sp³-hybridized carbons (Fsp3) is 0.619. The predicted octanol–water partition coefficient (Wildman–Crippen LogP) is 3.86. The van der Waals surface area contributed by atoms with Crippen LogP contribution in [0.25, 0.3) is 0 Å². The molecule has 1 saturated carbocycles. The summed E-state index contributed by atoms with van der Waals surface area (Å²) in [5.41, 5.74) is 1.50. The number of rotatable bonds is 4. The Labute approximate surface area is 150 Å². The van der Waals surface area contributed by atoms with Crippen molar-refractivity contribution in [1.29, 1.82) is 5.26 Å². The van der Waals surface area contributed by atoms with Gasteiger partial charge in [-0.25, -0.2) is 4.79 Å². The van der Waals surface area contributed by atoms with Crippen molar-refractivity contribution in [2.45, 2.75) is 38.0 Å². The number of benzene rings is 1. The SMILES string of the molecule is N#CC1CCN(C(=O)N2CC(CCC3CC3c3ccccc3)C2)CC1. The molecule has 2 unspecified atom stereocenters. The Balaban J connectivity index is 1.14. The van der Waals surface area contributed by atoms with Crippen LogP contribution in [-0.4, -0.2) is 42.0 Å². The third kappa shape index (κ3) is 3.66. The molecule has 3 fully saturated rings. The number of hydrogen-bond donors (Lipinski definition) is 0. The largest absolute Gasteiger partial charge is 0.325 e. The van der Waals surface area contributed by atoms with Crippen molar-refractivity contribution in [3.05, 3.63) is 35.9 Å². The Bertz CT molecular complexity index is 639. The third-order valence-electron chi connectivity index (χ3n) is 6.27. The molecule has 1 aromatic rings. The van der Waals surface area contributed by atoms with Gasteiger partial charge in [0.05, 0.1) is 6.07 Å². The molecule has 2 aliphatic heterocycles. The van der Waals surface area contributed by atoms with Crippen molar-refractivity contribution in [3.8, 4) is 6.07 Å². The van der Waals surface area contributed by atoms with E-state index < -0.39 is 0 Å². The molecule has 1 aromatic carbocycles. The molecule has 1 aliphatic carbocycles. The summed E-state index contributed by atoms with van der Waals surface area (Å²) < 4.78 is 0. The topological polar surface area (TPSA) is 47.3 Å². The van der Waals surface area contributed by atoms with Gasteiger partial charge in [-0.15, -0.1) is 0 Å². The van der Waals surface area contributed by atoms with Crippen LogP contribution in [0.15, 0.2) is 30.3 Å². The predicted molar refractivity (Wildman–Crippen MR) is 96.9 cm³/mol. The summed E-state index contributed by atoms with van der Waals surface area (Å²) in [6, 6.07) is 13.4. The average Bonchev–Trinajstić information content (AvgIpc) is 3.40. The molecule has 0 spiro atoms. The fourth-order valence-corrected chi connectivity index (χ4v) is 4.43. The summed E-state index contributed by atoms with van der Waals surface area (Å²) in [5, 5.41) is 8.95. The first-order valence-corrected chi connectivity index (χ1v) is 9.73. The zero-order chi connectivity index (χ0) is 17.2. The Morgan fingerprint density at radius 2 is 1.80 bits per heavy atom. The second-order valence-electron chi connectivity index (χ2n) is 8.03. The van der Waals surface area contributed by atoms with Crippen LogP contribution in [0.4, 0.5) is 4.79 Å². The van der Waals surface area contributed by atoms with Crippen LogP contribution in [0.1, 0.15) is 43.6 Å². The monoisotopic (exact) mass is 337 g/mol. The van der Waals surface area contributed by atoms with E-state index in [-0.39, 0.29) is 11.9 Å². The summed E-state index contributed by atoms with van der Waals surface area (Å²) in [4.78, 5) is 16.4. The number of carbonyl (C=O) groups is 1. The van der Waals surface area contributed by atoms with Crippen LogP contribution in [0.2, 0.25) is 0 Å². The van der Waals surface area contributed by atoms with Gasteiger partial charge in [0.1, 0.15) is 0 Å². The maximum Gasteiger partial charge on any atom is 0.320 e. The number of nitriles is 1. The number of urea groups is 1. The minimum Gasteiger partial charge on any atom is -0.325 e. The standard InChI is InChI=1S/C21H27N3O/c22-13-16-8-10-23(11-9-16)21(25)24-14-17(15-24)6-7-19-12-20(19)18-4-2-1-3-5-18/h1-5,16-17,19-20H,6-12,14-15H2. The van der Waals surface area contributed by atoms with Crippen molar-refractivity contribution in [3.63, 3.8) is 0 Å². The van der Waals surface area contributed by atoms with Crippen LogP contribution < -0.4 is 0 Å². The van der Waals surface area contributed by atoms with Gasteiger partial charge in [0.2, 0.25) is 0 Å². The lowest BCUT2D eigenvalue weighted by Crippen LogP contribution is -2.56. The summed E-state index contributed by atoms with van der Waals surface area (Å²) in [5.74, 6) is 2.47. The first-order chi connectivity index (χ1) is 12.2. The second-order valence-corrected chi connectivity index (χ2v) is 8.03. The van der Waals surface area contributed by atoms with Gasteiger partial charge in [-0.2, -0.15) is 5.26 Å². The van der Waals surface area contributed by atoms with Crippen molar-refractivity contribution >= 4 is 6.03 Å². The molecule has 2 saturated heterocycles. The molecule has 132 valence electrons. The van der Waals surface area contributed by atoms with Crippen molar-refractivity contribution < 1.29 is 4.79 Å². The molecule has 2 atom stereocenters. The Hall–Kier alpha value is -2.02. The number of likely N-dealkylation sites (tertiary alicyclic amines) is 2. The van der Waals surface area contributed by atoms with Crippen molar-refractivity contribution in [2.75, 3.05) is 26.2 Å². The molecular formula is C21H27N3O.